The molecular weight excluding hydrogens is 378 g/mol. The van der Waals surface area contributed by atoms with Crippen molar-refractivity contribution in [2.24, 2.45) is 11.8 Å². The highest BCUT2D eigenvalue weighted by molar-refractivity contribution is 5.98. The van der Waals surface area contributed by atoms with Gasteiger partial charge in [-0.05, 0) is 43.0 Å². The van der Waals surface area contributed by atoms with Crippen molar-refractivity contribution in [3.63, 3.8) is 0 Å². The monoisotopic (exact) mass is 407 g/mol. The Hall–Kier alpha value is -3.15. The number of urea groups is 1. The SMILES string of the molecule is CC(C)CNC(=O)c1ccc(NC(=O)N2CCC(C(=O)c3ccccc3)CC2)cc1. The second-order valence-corrected chi connectivity index (χ2v) is 8.10. The van der Waals surface area contributed by atoms with Gasteiger partial charge in [-0.3, -0.25) is 9.59 Å². The van der Waals surface area contributed by atoms with Crippen molar-refractivity contribution < 1.29 is 14.4 Å². The largest absolute Gasteiger partial charge is 0.352 e. The van der Waals surface area contributed by atoms with Gasteiger partial charge in [0, 0.05) is 42.4 Å². The van der Waals surface area contributed by atoms with Crippen molar-refractivity contribution in [1.82, 2.24) is 10.2 Å². The normalized spacial score (nSPS) is 14.4. The second kappa shape index (κ2) is 10.1. The van der Waals surface area contributed by atoms with E-state index in [1.165, 1.54) is 0 Å². The number of ketones is 1. The number of Topliss-reactive ketones (excluding diaryl/α,β-unsaturated/α-hetero) is 1. The maximum Gasteiger partial charge on any atom is 0.321 e. The molecule has 3 amide bonds. The summed E-state index contributed by atoms with van der Waals surface area (Å²) in [5.74, 6) is 0.383. The first-order valence-corrected chi connectivity index (χ1v) is 10.5. The Bertz CT molecular complexity index is 870. The van der Waals surface area contributed by atoms with Gasteiger partial charge in [-0.1, -0.05) is 44.2 Å². The molecule has 1 heterocycles. The third-order valence-corrected chi connectivity index (χ3v) is 5.28. The van der Waals surface area contributed by atoms with E-state index in [1.54, 1.807) is 29.2 Å². The molecule has 1 aliphatic heterocycles. The van der Waals surface area contributed by atoms with Crippen LogP contribution >= 0.6 is 0 Å². The van der Waals surface area contributed by atoms with E-state index < -0.39 is 0 Å². The van der Waals surface area contributed by atoms with Crippen molar-refractivity contribution >= 4 is 23.4 Å². The second-order valence-electron chi connectivity index (χ2n) is 8.10. The third-order valence-electron chi connectivity index (χ3n) is 5.28. The van der Waals surface area contributed by atoms with E-state index in [0.29, 0.717) is 49.6 Å². The maximum atomic E-state index is 12.6. The van der Waals surface area contributed by atoms with E-state index in [-0.39, 0.29) is 23.6 Å². The van der Waals surface area contributed by atoms with Crippen molar-refractivity contribution in [2.45, 2.75) is 26.7 Å². The van der Waals surface area contributed by atoms with Crippen LogP contribution in [-0.2, 0) is 0 Å². The molecule has 0 unspecified atom stereocenters. The lowest BCUT2D eigenvalue weighted by atomic mass is 9.89. The number of rotatable bonds is 6. The Morgan fingerprint density at radius 3 is 2.17 bits per heavy atom. The molecule has 0 bridgehead atoms. The van der Waals surface area contributed by atoms with E-state index >= 15 is 0 Å². The van der Waals surface area contributed by atoms with Gasteiger partial charge in [0.1, 0.15) is 0 Å². The van der Waals surface area contributed by atoms with Gasteiger partial charge in [-0.25, -0.2) is 4.79 Å². The quantitative estimate of drug-likeness (QED) is 0.705. The Morgan fingerprint density at radius 1 is 0.933 bits per heavy atom. The molecule has 6 nitrogen and oxygen atoms in total. The van der Waals surface area contributed by atoms with Crippen LogP contribution in [0.5, 0.6) is 0 Å². The smallest absolute Gasteiger partial charge is 0.321 e. The number of benzene rings is 2. The molecule has 1 aliphatic rings. The zero-order valence-corrected chi connectivity index (χ0v) is 17.6. The predicted octanol–water partition coefficient (Wildman–Crippen LogP) is 4.20. The topological polar surface area (TPSA) is 78.5 Å². The summed E-state index contributed by atoms with van der Waals surface area (Å²) < 4.78 is 0. The summed E-state index contributed by atoms with van der Waals surface area (Å²) in [7, 11) is 0. The number of likely N-dealkylation sites (tertiary alicyclic amines) is 1. The number of carbonyl (C=O) groups excluding carboxylic acids is 3. The minimum Gasteiger partial charge on any atom is -0.352 e. The number of anilines is 1. The van der Waals surface area contributed by atoms with Gasteiger partial charge in [0.05, 0.1) is 0 Å². The molecular formula is C24H29N3O3. The Labute approximate surface area is 177 Å². The molecule has 0 aromatic heterocycles. The fourth-order valence-electron chi connectivity index (χ4n) is 3.49. The van der Waals surface area contributed by atoms with Crippen LogP contribution < -0.4 is 10.6 Å². The molecule has 0 atom stereocenters. The van der Waals surface area contributed by atoms with Gasteiger partial charge < -0.3 is 15.5 Å². The summed E-state index contributed by atoms with van der Waals surface area (Å²) in [6.45, 7) is 5.80. The van der Waals surface area contributed by atoms with Crippen molar-refractivity contribution in [1.29, 1.82) is 0 Å². The highest BCUT2D eigenvalue weighted by atomic mass is 16.2. The summed E-state index contributed by atoms with van der Waals surface area (Å²) in [6.07, 6.45) is 1.33. The number of nitrogens with one attached hydrogen (secondary N) is 2. The van der Waals surface area contributed by atoms with Crippen molar-refractivity contribution in [3.05, 3.63) is 65.7 Å². The molecule has 0 saturated carbocycles. The first kappa shape index (κ1) is 21.6. The number of nitrogens with zero attached hydrogens (tertiary/aromatic N) is 1. The van der Waals surface area contributed by atoms with Crippen LogP contribution in [0.15, 0.2) is 54.6 Å². The molecule has 1 saturated heterocycles. The van der Waals surface area contributed by atoms with Crippen molar-refractivity contribution in [3.8, 4) is 0 Å². The van der Waals surface area contributed by atoms with Crippen LogP contribution in [0.2, 0.25) is 0 Å². The van der Waals surface area contributed by atoms with Gasteiger partial charge in [0.25, 0.3) is 5.91 Å². The molecule has 30 heavy (non-hydrogen) atoms. The summed E-state index contributed by atoms with van der Waals surface area (Å²) in [5, 5.41) is 5.75. The average molecular weight is 408 g/mol. The maximum absolute atomic E-state index is 12.6. The highest BCUT2D eigenvalue weighted by Gasteiger charge is 2.27. The Morgan fingerprint density at radius 2 is 1.57 bits per heavy atom. The number of carbonyl (C=O) groups is 3. The van der Waals surface area contributed by atoms with Crippen LogP contribution in [0.1, 0.15) is 47.4 Å². The van der Waals surface area contributed by atoms with Gasteiger partial charge in [0.15, 0.2) is 5.78 Å². The summed E-state index contributed by atoms with van der Waals surface area (Å²) in [4.78, 5) is 39.0. The summed E-state index contributed by atoms with van der Waals surface area (Å²) in [6, 6.07) is 16.0. The van der Waals surface area contributed by atoms with Crippen LogP contribution in [0, 0.1) is 11.8 Å². The molecule has 3 rings (SSSR count). The van der Waals surface area contributed by atoms with Crippen LogP contribution in [0.3, 0.4) is 0 Å². The fraction of sp³-hybridized carbons (Fsp3) is 0.375. The zero-order chi connectivity index (χ0) is 21.5. The molecule has 2 N–H and O–H groups in total. The first-order chi connectivity index (χ1) is 14.4. The van der Waals surface area contributed by atoms with Gasteiger partial charge in [-0.2, -0.15) is 0 Å². The molecule has 0 spiro atoms. The zero-order valence-electron chi connectivity index (χ0n) is 17.6. The Kier molecular flexibility index (Phi) is 7.22. The number of piperidine rings is 1. The standard InChI is InChI=1S/C24H29N3O3/c1-17(2)16-25-23(29)20-8-10-21(11-9-20)26-24(30)27-14-12-19(13-15-27)22(28)18-6-4-3-5-7-18/h3-11,17,19H,12-16H2,1-2H3,(H,25,29)(H,26,30). The lowest BCUT2D eigenvalue weighted by Crippen LogP contribution is -2.42. The Balaban J connectivity index is 1.49. The third kappa shape index (κ3) is 5.69. The molecule has 2 aromatic carbocycles. The predicted molar refractivity (Wildman–Crippen MR) is 118 cm³/mol. The molecule has 2 aromatic rings. The number of amides is 3. The van der Waals surface area contributed by atoms with Crippen LogP contribution in [0.25, 0.3) is 0 Å². The molecule has 158 valence electrons. The van der Waals surface area contributed by atoms with Crippen molar-refractivity contribution in [2.75, 3.05) is 25.0 Å². The summed E-state index contributed by atoms with van der Waals surface area (Å²) >= 11 is 0. The minimum absolute atomic E-state index is 0.0416. The van der Waals surface area contributed by atoms with Gasteiger partial charge in [-0.15, -0.1) is 0 Å². The lowest BCUT2D eigenvalue weighted by Gasteiger charge is -2.31. The lowest BCUT2D eigenvalue weighted by molar-refractivity contribution is 0.0858. The first-order valence-electron chi connectivity index (χ1n) is 10.5. The molecule has 0 aliphatic carbocycles. The summed E-state index contributed by atoms with van der Waals surface area (Å²) in [5.41, 5.74) is 1.94. The average Bonchev–Trinajstić information content (AvgIpc) is 2.78. The van der Waals surface area contributed by atoms with E-state index in [9.17, 15) is 14.4 Å². The number of hydrogen-bond acceptors (Lipinski definition) is 3. The van der Waals surface area contributed by atoms with E-state index in [4.69, 9.17) is 0 Å². The van der Waals surface area contributed by atoms with E-state index in [1.807, 2.05) is 44.2 Å². The number of hydrogen-bond donors (Lipinski definition) is 2. The molecule has 6 heteroatoms. The fourth-order valence-corrected chi connectivity index (χ4v) is 3.49. The molecule has 1 fully saturated rings. The minimum atomic E-state index is -0.183. The van der Waals surface area contributed by atoms with Gasteiger partial charge in [0.2, 0.25) is 0 Å². The van der Waals surface area contributed by atoms with E-state index in [2.05, 4.69) is 10.6 Å². The highest BCUT2D eigenvalue weighted by Crippen LogP contribution is 2.22. The van der Waals surface area contributed by atoms with Crippen LogP contribution in [-0.4, -0.2) is 42.3 Å². The van der Waals surface area contributed by atoms with Gasteiger partial charge >= 0.3 is 6.03 Å². The van der Waals surface area contributed by atoms with Crippen LogP contribution in [0.4, 0.5) is 10.5 Å². The molecule has 0 radical (unpaired) electrons. The van der Waals surface area contributed by atoms with E-state index in [0.717, 1.165) is 5.56 Å².